The summed E-state index contributed by atoms with van der Waals surface area (Å²) in [5, 5.41) is 11.8. The van der Waals surface area contributed by atoms with Crippen LogP contribution in [0.5, 0.6) is 0 Å². The Hall–Kier alpha value is -2.00. The number of thiophene rings is 1. The van der Waals surface area contributed by atoms with Crippen LogP contribution in [0, 0.1) is 6.92 Å². The van der Waals surface area contributed by atoms with E-state index in [0.29, 0.717) is 0 Å². The SMILES string of the molecule is CC(O)(c1ccc(N2CCN(Sc3cccs3)CC2)cc1)C(F)(F)F.Cc1ccccc1. The minimum atomic E-state index is -4.70. The third-order valence-corrected chi connectivity index (χ3v) is 7.35. The number of hydrogen-bond acceptors (Lipinski definition) is 5. The van der Waals surface area contributed by atoms with Gasteiger partial charge in [0.05, 0.1) is 4.21 Å². The second-order valence-electron chi connectivity index (χ2n) is 7.71. The van der Waals surface area contributed by atoms with E-state index < -0.39 is 11.8 Å². The van der Waals surface area contributed by atoms with Crippen LogP contribution in [-0.2, 0) is 5.60 Å². The Morgan fingerprint density at radius 2 is 1.50 bits per heavy atom. The third-order valence-electron chi connectivity index (χ3n) is 5.24. The molecular formula is C24H27F3N2OS2. The molecule has 0 radical (unpaired) electrons. The molecule has 8 heteroatoms. The fourth-order valence-electron chi connectivity index (χ4n) is 3.18. The first-order valence-corrected chi connectivity index (χ1v) is 11.9. The Morgan fingerprint density at radius 1 is 0.875 bits per heavy atom. The number of piperazine rings is 1. The van der Waals surface area contributed by atoms with Crippen molar-refractivity contribution in [3.63, 3.8) is 0 Å². The molecule has 3 nitrogen and oxygen atoms in total. The molecule has 1 N–H and O–H groups in total. The summed E-state index contributed by atoms with van der Waals surface area (Å²) in [6.07, 6.45) is -4.70. The fraction of sp³-hybridized carbons (Fsp3) is 0.333. The molecule has 0 aliphatic carbocycles. The molecule has 4 rings (SSSR count). The van der Waals surface area contributed by atoms with Gasteiger partial charge in [-0.05, 0) is 54.9 Å². The second kappa shape index (κ2) is 10.7. The molecule has 172 valence electrons. The van der Waals surface area contributed by atoms with Crippen molar-refractivity contribution >= 4 is 29.0 Å². The third kappa shape index (κ3) is 6.51. The van der Waals surface area contributed by atoms with Crippen molar-refractivity contribution in [2.75, 3.05) is 31.1 Å². The first-order chi connectivity index (χ1) is 15.2. The van der Waals surface area contributed by atoms with Crippen LogP contribution in [0.1, 0.15) is 18.1 Å². The Kier molecular flexibility index (Phi) is 8.27. The van der Waals surface area contributed by atoms with Gasteiger partial charge >= 0.3 is 6.18 Å². The lowest BCUT2D eigenvalue weighted by molar-refractivity contribution is -0.258. The van der Waals surface area contributed by atoms with Gasteiger partial charge in [0.15, 0.2) is 5.60 Å². The topological polar surface area (TPSA) is 26.7 Å². The molecule has 1 atom stereocenters. The number of hydrogen-bond donors (Lipinski definition) is 1. The summed E-state index contributed by atoms with van der Waals surface area (Å²) in [4.78, 5) is 2.15. The Bertz CT molecular complexity index is 938. The van der Waals surface area contributed by atoms with Gasteiger partial charge in [-0.15, -0.1) is 11.3 Å². The van der Waals surface area contributed by atoms with E-state index >= 15 is 0 Å². The van der Waals surface area contributed by atoms with E-state index in [4.69, 9.17) is 0 Å². The summed E-state index contributed by atoms with van der Waals surface area (Å²) in [7, 11) is 0. The van der Waals surface area contributed by atoms with Gasteiger partial charge in [0.1, 0.15) is 0 Å². The summed E-state index contributed by atoms with van der Waals surface area (Å²) in [5.74, 6) is 0. The van der Waals surface area contributed by atoms with Gasteiger partial charge in [0.2, 0.25) is 0 Å². The average molecular weight is 481 g/mol. The maximum atomic E-state index is 12.9. The number of nitrogens with zero attached hydrogens (tertiary/aromatic N) is 2. The molecule has 1 unspecified atom stereocenters. The number of rotatable bonds is 4. The zero-order chi connectivity index (χ0) is 23.2. The van der Waals surface area contributed by atoms with E-state index in [-0.39, 0.29) is 5.56 Å². The van der Waals surface area contributed by atoms with E-state index in [2.05, 4.69) is 39.7 Å². The predicted molar refractivity (Wildman–Crippen MR) is 127 cm³/mol. The lowest BCUT2D eigenvalue weighted by Crippen LogP contribution is -2.43. The summed E-state index contributed by atoms with van der Waals surface area (Å²) in [5.41, 5.74) is -0.776. The van der Waals surface area contributed by atoms with E-state index in [1.54, 1.807) is 35.4 Å². The first-order valence-electron chi connectivity index (χ1n) is 10.3. The molecule has 0 amide bonds. The Morgan fingerprint density at radius 3 is 1.97 bits per heavy atom. The zero-order valence-electron chi connectivity index (χ0n) is 18.0. The molecule has 1 fully saturated rings. The highest BCUT2D eigenvalue weighted by molar-refractivity contribution is 7.98. The summed E-state index contributed by atoms with van der Waals surface area (Å²) in [6.45, 7) is 6.25. The van der Waals surface area contributed by atoms with Gasteiger partial charge < -0.3 is 10.0 Å². The van der Waals surface area contributed by atoms with E-state index in [1.807, 2.05) is 24.3 Å². The first kappa shape index (κ1) is 24.6. The van der Waals surface area contributed by atoms with E-state index in [0.717, 1.165) is 38.8 Å². The minimum Gasteiger partial charge on any atom is -0.376 e. The molecule has 1 aliphatic heterocycles. The highest BCUT2D eigenvalue weighted by Crippen LogP contribution is 2.39. The number of aryl methyl sites for hydroxylation is 1. The normalized spacial score (nSPS) is 16.8. The minimum absolute atomic E-state index is 0.143. The van der Waals surface area contributed by atoms with Crippen LogP contribution in [0.3, 0.4) is 0 Å². The van der Waals surface area contributed by atoms with Gasteiger partial charge in [-0.3, -0.25) is 0 Å². The van der Waals surface area contributed by atoms with Gasteiger partial charge in [-0.25, -0.2) is 4.31 Å². The van der Waals surface area contributed by atoms with Crippen LogP contribution in [0.25, 0.3) is 0 Å². The van der Waals surface area contributed by atoms with Crippen LogP contribution >= 0.6 is 23.3 Å². The highest BCUT2D eigenvalue weighted by atomic mass is 32.2. The molecule has 0 bridgehead atoms. The lowest BCUT2D eigenvalue weighted by Gasteiger charge is -2.35. The molecule has 1 aliphatic rings. The fourth-order valence-corrected chi connectivity index (χ4v) is 5.02. The van der Waals surface area contributed by atoms with Crippen molar-refractivity contribution < 1.29 is 18.3 Å². The maximum Gasteiger partial charge on any atom is 0.421 e. The van der Waals surface area contributed by atoms with Crippen molar-refractivity contribution in [3.05, 3.63) is 83.2 Å². The van der Waals surface area contributed by atoms with Crippen molar-refractivity contribution in [2.45, 2.75) is 29.8 Å². The van der Waals surface area contributed by atoms with E-state index in [9.17, 15) is 18.3 Å². The van der Waals surface area contributed by atoms with Crippen LogP contribution in [0.15, 0.2) is 76.3 Å². The Balaban J connectivity index is 0.000000352. The van der Waals surface area contributed by atoms with Crippen molar-refractivity contribution in [3.8, 4) is 0 Å². The number of anilines is 1. The van der Waals surface area contributed by atoms with Gasteiger partial charge in [-0.1, -0.05) is 54.1 Å². The lowest BCUT2D eigenvalue weighted by atomic mass is 9.95. The van der Waals surface area contributed by atoms with Gasteiger partial charge in [0, 0.05) is 31.9 Å². The van der Waals surface area contributed by atoms with Crippen LogP contribution in [0.4, 0.5) is 18.9 Å². The average Bonchev–Trinajstić information content (AvgIpc) is 3.28. The van der Waals surface area contributed by atoms with E-state index in [1.165, 1.54) is 21.9 Å². The monoisotopic (exact) mass is 480 g/mol. The van der Waals surface area contributed by atoms with Crippen LogP contribution < -0.4 is 4.90 Å². The predicted octanol–water partition coefficient (Wildman–Crippen LogP) is 6.34. The maximum absolute atomic E-state index is 12.9. The number of aliphatic hydroxyl groups is 1. The second-order valence-corrected chi connectivity index (χ2v) is 10.1. The number of halogens is 3. The quantitative estimate of drug-likeness (QED) is 0.441. The molecule has 2 aromatic carbocycles. The van der Waals surface area contributed by atoms with Crippen molar-refractivity contribution in [1.29, 1.82) is 0 Å². The smallest absolute Gasteiger partial charge is 0.376 e. The zero-order valence-corrected chi connectivity index (χ0v) is 19.7. The summed E-state index contributed by atoms with van der Waals surface area (Å²) >= 11 is 3.46. The standard InChI is InChI=1S/C17H19F3N2OS2.C7H8/c1-16(23,17(18,19)20)13-4-6-14(7-5-13)21-8-10-22(11-9-21)25-15-3-2-12-24-15;1-7-5-3-2-4-6-7/h2-7,12,23H,8-11H2,1H3;2-6H,1H3. The van der Waals surface area contributed by atoms with Crippen LogP contribution in [-0.4, -0.2) is 41.8 Å². The Labute approximate surface area is 195 Å². The molecule has 32 heavy (non-hydrogen) atoms. The van der Waals surface area contributed by atoms with Crippen molar-refractivity contribution in [2.24, 2.45) is 0 Å². The molecule has 0 spiro atoms. The van der Waals surface area contributed by atoms with Gasteiger partial charge in [0.25, 0.3) is 0 Å². The summed E-state index contributed by atoms with van der Waals surface area (Å²) in [6, 6.07) is 20.4. The number of benzene rings is 2. The number of alkyl halides is 3. The largest absolute Gasteiger partial charge is 0.421 e. The van der Waals surface area contributed by atoms with Crippen molar-refractivity contribution in [1.82, 2.24) is 4.31 Å². The molecular weight excluding hydrogens is 453 g/mol. The molecule has 1 saturated heterocycles. The summed E-state index contributed by atoms with van der Waals surface area (Å²) < 4.78 is 42.3. The molecule has 1 aromatic heterocycles. The molecule has 0 saturated carbocycles. The molecule has 3 aromatic rings. The van der Waals surface area contributed by atoms with Crippen LogP contribution in [0.2, 0.25) is 0 Å². The highest BCUT2D eigenvalue weighted by Gasteiger charge is 2.51. The molecule has 2 heterocycles. The van der Waals surface area contributed by atoms with Gasteiger partial charge in [-0.2, -0.15) is 13.2 Å².